The molecular formula is C19H22N6O10P+. The van der Waals surface area contributed by atoms with Crippen LogP contribution in [0.5, 0.6) is 5.75 Å². The highest BCUT2D eigenvalue weighted by Gasteiger charge is 2.57. The summed E-state index contributed by atoms with van der Waals surface area (Å²) in [5.74, 6) is -0.609. The normalized spacial score (nSPS) is 24.6. The number of rotatable bonds is 10. The van der Waals surface area contributed by atoms with Crippen molar-refractivity contribution in [2.24, 2.45) is 5.11 Å². The van der Waals surface area contributed by atoms with Gasteiger partial charge in [0.15, 0.2) is 18.0 Å². The van der Waals surface area contributed by atoms with E-state index in [2.05, 4.69) is 14.8 Å². The Bertz CT molecular complexity index is 1270. The fourth-order valence-corrected chi connectivity index (χ4v) is 4.18. The minimum atomic E-state index is -3.03. The van der Waals surface area contributed by atoms with Gasteiger partial charge in [-0.1, -0.05) is 23.3 Å². The van der Waals surface area contributed by atoms with E-state index in [-0.39, 0.29) is 5.75 Å². The fourth-order valence-electron chi connectivity index (χ4n) is 3.24. The van der Waals surface area contributed by atoms with Crippen molar-refractivity contribution in [2.75, 3.05) is 13.7 Å². The predicted octanol–water partition coefficient (Wildman–Crippen LogP) is 0.325. The summed E-state index contributed by atoms with van der Waals surface area (Å²) in [5, 5.41) is 24.5. The lowest BCUT2D eigenvalue weighted by Crippen LogP contribution is -2.45. The van der Waals surface area contributed by atoms with Crippen LogP contribution >= 0.6 is 8.18 Å². The van der Waals surface area contributed by atoms with Gasteiger partial charge in [0.25, 0.3) is 5.56 Å². The Morgan fingerprint density at radius 1 is 1.36 bits per heavy atom. The van der Waals surface area contributed by atoms with Crippen LogP contribution in [-0.4, -0.2) is 68.3 Å². The van der Waals surface area contributed by atoms with E-state index >= 15 is 0 Å². The van der Waals surface area contributed by atoms with Gasteiger partial charge in [0.2, 0.25) is 5.72 Å². The second-order valence-electron chi connectivity index (χ2n) is 7.41. The number of H-pyrrole nitrogens is 1. The SMILES string of the molecule is COC(=O)C(C)N(Oc1ccccc1)[P+](=O)OC[C@@]1(N=[N+]=[N-])O[C@@H](n2ccc(=O)[nH]c2=O)[C@H](O)[C@@H]1O. The molecule has 1 fully saturated rings. The lowest BCUT2D eigenvalue weighted by Gasteiger charge is -2.24. The van der Waals surface area contributed by atoms with Gasteiger partial charge in [0.1, 0.15) is 23.6 Å². The van der Waals surface area contributed by atoms with E-state index in [4.69, 9.17) is 19.6 Å². The van der Waals surface area contributed by atoms with Gasteiger partial charge in [-0.3, -0.25) is 19.1 Å². The molecule has 0 spiro atoms. The number of methoxy groups -OCH3 is 1. The number of hydroxylamine groups is 1. The Hall–Kier alpha value is -3.62. The fraction of sp³-hybridized carbons (Fsp3) is 0.421. The molecule has 0 aliphatic carbocycles. The second-order valence-corrected chi connectivity index (χ2v) is 8.54. The van der Waals surface area contributed by atoms with Crippen molar-refractivity contribution < 1.29 is 38.4 Å². The van der Waals surface area contributed by atoms with E-state index in [1.54, 1.807) is 18.2 Å². The largest absolute Gasteiger partial charge is 0.653 e. The Morgan fingerprint density at radius 2 is 2.06 bits per heavy atom. The number of ether oxygens (including phenoxy) is 2. The molecule has 3 rings (SSSR count). The highest BCUT2D eigenvalue weighted by Crippen LogP contribution is 2.41. The molecule has 192 valence electrons. The molecule has 1 aliphatic rings. The summed E-state index contributed by atoms with van der Waals surface area (Å²) in [6.45, 7) is 0.430. The molecule has 2 heterocycles. The van der Waals surface area contributed by atoms with Crippen LogP contribution in [0.4, 0.5) is 0 Å². The summed E-state index contributed by atoms with van der Waals surface area (Å²) < 4.78 is 29.3. The van der Waals surface area contributed by atoms with Gasteiger partial charge in [-0.25, -0.2) is 4.79 Å². The van der Waals surface area contributed by atoms with Crippen LogP contribution in [0.2, 0.25) is 0 Å². The highest BCUT2D eigenvalue weighted by molar-refractivity contribution is 7.36. The molecule has 1 aromatic heterocycles. The van der Waals surface area contributed by atoms with Crippen molar-refractivity contribution in [1.82, 2.24) is 14.4 Å². The van der Waals surface area contributed by atoms with Crippen LogP contribution in [0.15, 0.2) is 57.3 Å². The minimum Gasteiger partial charge on any atom is -0.468 e. The molecule has 2 unspecified atom stereocenters. The number of carbonyl (C=O) groups excluding carboxylic acids is 1. The maximum Gasteiger partial charge on any atom is 0.653 e. The second kappa shape index (κ2) is 11.4. The summed E-state index contributed by atoms with van der Waals surface area (Å²) in [4.78, 5) is 46.3. The molecule has 1 saturated heterocycles. The van der Waals surface area contributed by atoms with Crippen LogP contribution in [0, 0.1) is 0 Å². The first-order valence-corrected chi connectivity index (χ1v) is 11.4. The maximum atomic E-state index is 13.0. The molecule has 1 aromatic carbocycles. The van der Waals surface area contributed by atoms with Crippen LogP contribution in [0.1, 0.15) is 13.2 Å². The van der Waals surface area contributed by atoms with Crippen LogP contribution in [0.25, 0.3) is 10.4 Å². The number of hydrogen-bond acceptors (Lipinski definition) is 11. The molecule has 16 nitrogen and oxygen atoms in total. The summed E-state index contributed by atoms with van der Waals surface area (Å²) in [5.41, 5.74) is 5.00. The third kappa shape index (κ3) is 5.61. The number of aromatic nitrogens is 2. The zero-order valence-corrected chi connectivity index (χ0v) is 19.8. The number of para-hydroxylation sites is 1. The first-order valence-electron chi connectivity index (χ1n) is 10.3. The number of hydrogen-bond donors (Lipinski definition) is 3. The lowest BCUT2D eigenvalue weighted by molar-refractivity contribution is -0.152. The maximum absolute atomic E-state index is 13.0. The van der Waals surface area contributed by atoms with Crippen LogP contribution in [0.3, 0.4) is 0 Å². The third-order valence-corrected chi connectivity index (χ3v) is 6.20. The van der Waals surface area contributed by atoms with Gasteiger partial charge in [0.05, 0.1) is 7.11 Å². The molecule has 1 aliphatic heterocycles. The first kappa shape index (κ1) is 27.0. The van der Waals surface area contributed by atoms with Gasteiger partial charge in [-0.15, -0.1) is 4.52 Å². The van der Waals surface area contributed by atoms with E-state index in [0.29, 0.717) is 4.83 Å². The summed E-state index contributed by atoms with van der Waals surface area (Å²) in [6.07, 6.45) is -4.39. The van der Waals surface area contributed by atoms with Gasteiger partial charge in [-0.2, -0.15) is 0 Å². The number of carbonyl (C=O) groups is 1. The Kier molecular flexibility index (Phi) is 8.55. The predicted molar refractivity (Wildman–Crippen MR) is 119 cm³/mol. The quantitative estimate of drug-likeness (QED) is 0.0958. The topological polar surface area (TPSA) is 218 Å². The average molecular weight is 525 g/mol. The Labute approximate surface area is 203 Å². The number of esters is 1. The number of aliphatic hydroxyl groups excluding tert-OH is 2. The van der Waals surface area contributed by atoms with E-state index in [0.717, 1.165) is 23.9 Å². The molecular weight excluding hydrogens is 503 g/mol. The smallest absolute Gasteiger partial charge is 0.468 e. The zero-order chi connectivity index (χ0) is 26.5. The van der Waals surface area contributed by atoms with E-state index < -0.39 is 62.2 Å². The number of nitrogens with zero attached hydrogens (tertiary/aromatic N) is 5. The standard InChI is InChI=1S/C19H21N6O10P/c1-11(17(29)32-2)25(35-12-6-4-3-5-7-12)36(31)33-10-19(22-23-20)15(28)14(27)16(34-19)24-9-8-13(26)21-18(24)30/h3-9,11,14-16,27-28H,10H2,1-2H3/p+1/t11?,14-,15+,16-,19-/m1/s1. The number of aliphatic hydroxyl groups is 2. The number of nitrogens with one attached hydrogen (secondary N) is 1. The van der Waals surface area contributed by atoms with Crippen molar-refractivity contribution in [3.63, 3.8) is 0 Å². The van der Waals surface area contributed by atoms with E-state index in [9.17, 15) is 29.2 Å². The molecule has 36 heavy (non-hydrogen) atoms. The van der Waals surface area contributed by atoms with Crippen molar-refractivity contribution in [1.29, 1.82) is 0 Å². The first-order chi connectivity index (χ1) is 17.1. The average Bonchev–Trinajstić information content (AvgIpc) is 3.11. The Balaban J connectivity index is 1.86. The molecule has 6 atom stereocenters. The van der Waals surface area contributed by atoms with Crippen molar-refractivity contribution in [2.45, 2.75) is 37.1 Å². The number of aromatic amines is 1. The van der Waals surface area contributed by atoms with Gasteiger partial charge in [-0.05, 0) is 29.2 Å². The molecule has 0 amide bonds. The number of benzene rings is 1. The monoisotopic (exact) mass is 525 g/mol. The molecule has 17 heteroatoms. The van der Waals surface area contributed by atoms with Crippen molar-refractivity contribution in [3.05, 3.63) is 73.9 Å². The molecule has 3 N–H and O–H groups in total. The van der Waals surface area contributed by atoms with Gasteiger partial charge >= 0.3 is 19.8 Å². The highest BCUT2D eigenvalue weighted by atomic mass is 31.1. The van der Waals surface area contributed by atoms with Crippen molar-refractivity contribution >= 4 is 14.1 Å². The molecule has 2 aromatic rings. The Morgan fingerprint density at radius 3 is 2.67 bits per heavy atom. The molecule has 0 radical (unpaired) electrons. The summed E-state index contributed by atoms with van der Waals surface area (Å²) in [6, 6.07) is 7.74. The van der Waals surface area contributed by atoms with E-state index in [1.165, 1.54) is 19.1 Å². The van der Waals surface area contributed by atoms with Gasteiger partial charge in [0, 0.05) is 17.2 Å². The summed E-state index contributed by atoms with van der Waals surface area (Å²) in [7, 11) is -1.91. The van der Waals surface area contributed by atoms with E-state index in [1.807, 2.05) is 4.98 Å². The minimum absolute atomic E-state index is 0.204. The zero-order valence-electron chi connectivity index (χ0n) is 18.9. The van der Waals surface area contributed by atoms with Crippen LogP contribution < -0.4 is 16.1 Å². The number of azide groups is 1. The molecule has 0 bridgehead atoms. The van der Waals surface area contributed by atoms with Crippen LogP contribution in [-0.2, 0) is 23.4 Å². The van der Waals surface area contributed by atoms with Crippen molar-refractivity contribution in [3.8, 4) is 5.75 Å². The third-order valence-electron chi connectivity index (χ3n) is 5.10. The van der Waals surface area contributed by atoms with Gasteiger partial charge < -0.3 is 24.5 Å². The molecule has 0 saturated carbocycles. The lowest BCUT2D eigenvalue weighted by atomic mass is 10.1. The summed E-state index contributed by atoms with van der Waals surface area (Å²) >= 11 is 0.